The summed E-state index contributed by atoms with van der Waals surface area (Å²) in [5.41, 5.74) is 12.4. The highest BCUT2D eigenvalue weighted by atomic mass is 19.1. The quantitative estimate of drug-likeness (QED) is 0.755. The second-order valence-corrected chi connectivity index (χ2v) is 6.21. The SMILES string of the molecule is NC(=O)C1CCCN(C(=O)C2CC(c3ccc(F)cc3)NN2)C1. The third-order valence-electron chi connectivity index (χ3n) is 4.61. The molecule has 2 amide bonds. The zero-order chi connectivity index (χ0) is 16.4. The van der Waals surface area contributed by atoms with Crippen LogP contribution in [0.15, 0.2) is 24.3 Å². The van der Waals surface area contributed by atoms with Crippen molar-refractivity contribution >= 4 is 11.8 Å². The number of likely N-dealkylation sites (tertiary alicyclic amines) is 1. The first-order chi connectivity index (χ1) is 11.0. The molecule has 0 radical (unpaired) electrons. The summed E-state index contributed by atoms with van der Waals surface area (Å²) < 4.78 is 13.0. The lowest BCUT2D eigenvalue weighted by atomic mass is 9.96. The number of piperidine rings is 1. The molecule has 2 heterocycles. The molecule has 2 saturated heterocycles. The fourth-order valence-corrected chi connectivity index (χ4v) is 3.26. The molecule has 3 atom stereocenters. The van der Waals surface area contributed by atoms with Gasteiger partial charge in [0.2, 0.25) is 11.8 Å². The summed E-state index contributed by atoms with van der Waals surface area (Å²) in [6.07, 6.45) is 2.12. The highest BCUT2D eigenvalue weighted by molar-refractivity contribution is 5.84. The lowest BCUT2D eigenvalue weighted by Crippen LogP contribution is -2.50. The number of primary amides is 1. The van der Waals surface area contributed by atoms with Crippen LogP contribution in [0.3, 0.4) is 0 Å². The third-order valence-corrected chi connectivity index (χ3v) is 4.61. The molecule has 124 valence electrons. The van der Waals surface area contributed by atoms with Crippen molar-refractivity contribution in [3.8, 4) is 0 Å². The molecule has 0 spiro atoms. The van der Waals surface area contributed by atoms with E-state index in [1.165, 1.54) is 12.1 Å². The summed E-state index contributed by atoms with van der Waals surface area (Å²) in [6.45, 7) is 1.05. The van der Waals surface area contributed by atoms with Gasteiger partial charge in [-0.15, -0.1) is 0 Å². The van der Waals surface area contributed by atoms with E-state index >= 15 is 0 Å². The maximum atomic E-state index is 13.0. The normalized spacial score (nSPS) is 27.9. The molecule has 2 fully saturated rings. The summed E-state index contributed by atoms with van der Waals surface area (Å²) in [7, 11) is 0. The molecular formula is C16H21FN4O2. The predicted molar refractivity (Wildman–Crippen MR) is 82.3 cm³/mol. The van der Waals surface area contributed by atoms with E-state index in [4.69, 9.17) is 5.73 Å². The highest BCUT2D eigenvalue weighted by Gasteiger charge is 2.35. The Bertz CT molecular complexity index is 592. The minimum atomic E-state index is -0.350. The van der Waals surface area contributed by atoms with Crippen molar-refractivity contribution in [2.45, 2.75) is 31.3 Å². The third kappa shape index (κ3) is 3.51. The van der Waals surface area contributed by atoms with Crippen LogP contribution in [0.1, 0.15) is 30.9 Å². The number of carbonyl (C=O) groups is 2. The maximum absolute atomic E-state index is 13.0. The van der Waals surface area contributed by atoms with Gasteiger partial charge in [0.25, 0.3) is 0 Å². The molecule has 23 heavy (non-hydrogen) atoms. The van der Waals surface area contributed by atoms with Crippen LogP contribution in [-0.4, -0.2) is 35.8 Å². The first-order valence-electron chi connectivity index (χ1n) is 7.89. The van der Waals surface area contributed by atoms with Gasteiger partial charge in [-0.25, -0.2) is 15.2 Å². The molecule has 7 heteroatoms. The summed E-state index contributed by atoms with van der Waals surface area (Å²) in [5.74, 6) is -0.898. The Morgan fingerprint density at radius 2 is 1.96 bits per heavy atom. The molecule has 0 aliphatic carbocycles. The van der Waals surface area contributed by atoms with E-state index in [1.54, 1.807) is 17.0 Å². The Kier molecular flexibility index (Phi) is 4.58. The monoisotopic (exact) mass is 320 g/mol. The van der Waals surface area contributed by atoms with Crippen LogP contribution in [0.5, 0.6) is 0 Å². The lowest BCUT2D eigenvalue weighted by Gasteiger charge is -2.32. The second kappa shape index (κ2) is 6.64. The van der Waals surface area contributed by atoms with Crippen LogP contribution in [-0.2, 0) is 9.59 Å². The summed E-state index contributed by atoms with van der Waals surface area (Å²) in [5, 5.41) is 0. The Balaban J connectivity index is 1.61. The number of nitrogens with one attached hydrogen (secondary N) is 2. The van der Waals surface area contributed by atoms with Gasteiger partial charge in [0.1, 0.15) is 11.9 Å². The molecule has 0 saturated carbocycles. The molecule has 1 aromatic carbocycles. The molecular weight excluding hydrogens is 299 g/mol. The van der Waals surface area contributed by atoms with E-state index in [2.05, 4.69) is 10.9 Å². The number of nitrogens with two attached hydrogens (primary N) is 1. The predicted octanol–water partition coefficient (Wildman–Crippen LogP) is 0.457. The summed E-state index contributed by atoms with van der Waals surface area (Å²) in [4.78, 5) is 25.7. The molecule has 2 aliphatic heterocycles. The van der Waals surface area contributed by atoms with Gasteiger partial charge >= 0.3 is 0 Å². The number of carbonyl (C=O) groups excluding carboxylic acids is 2. The summed E-state index contributed by atoms with van der Waals surface area (Å²) in [6, 6.07) is 5.86. The number of hydrazine groups is 1. The van der Waals surface area contributed by atoms with Crippen molar-refractivity contribution in [2.75, 3.05) is 13.1 Å². The number of amides is 2. The smallest absolute Gasteiger partial charge is 0.241 e. The first-order valence-corrected chi connectivity index (χ1v) is 7.89. The number of nitrogens with zero attached hydrogens (tertiary/aromatic N) is 1. The molecule has 3 rings (SSSR count). The van der Waals surface area contributed by atoms with Crippen LogP contribution in [0.4, 0.5) is 4.39 Å². The molecule has 6 nitrogen and oxygen atoms in total. The van der Waals surface area contributed by atoms with Crippen molar-refractivity contribution < 1.29 is 14.0 Å². The van der Waals surface area contributed by atoms with Gasteiger partial charge in [0, 0.05) is 19.1 Å². The molecule has 3 unspecified atom stereocenters. The molecule has 2 aliphatic rings. The zero-order valence-corrected chi connectivity index (χ0v) is 12.8. The topological polar surface area (TPSA) is 87.5 Å². The van der Waals surface area contributed by atoms with E-state index in [0.29, 0.717) is 19.5 Å². The van der Waals surface area contributed by atoms with Crippen LogP contribution < -0.4 is 16.6 Å². The van der Waals surface area contributed by atoms with E-state index in [-0.39, 0.29) is 35.6 Å². The van der Waals surface area contributed by atoms with Crippen LogP contribution in [0.25, 0.3) is 0 Å². The van der Waals surface area contributed by atoms with Gasteiger partial charge in [0.15, 0.2) is 0 Å². The van der Waals surface area contributed by atoms with Gasteiger partial charge in [-0.3, -0.25) is 9.59 Å². The van der Waals surface area contributed by atoms with Crippen LogP contribution in [0, 0.1) is 11.7 Å². The van der Waals surface area contributed by atoms with Crippen molar-refractivity contribution in [3.63, 3.8) is 0 Å². The van der Waals surface area contributed by atoms with Crippen LogP contribution in [0.2, 0.25) is 0 Å². The first kappa shape index (κ1) is 15.9. The fraction of sp³-hybridized carbons (Fsp3) is 0.500. The number of hydrogen-bond acceptors (Lipinski definition) is 4. The molecule has 0 bridgehead atoms. The van der Waals surface area contributed by atoms with Crippen LogP contribution >= 0.6 is 0 Å². The molecule has 1 aromatic rings. The Morgan fingerprint density at radius 1 is 1.22 bits per heavy atom. The minimum absolute atomic E-state index is 0.0203. The van der Waals surface area contributed by atoms with Gasteiger partial charge in [-0.05, 0) is 37.0 Å². The number of halogens is 1. The zero-order valence-electron chi connectivity index (χ0n) is 12.8. The number of rotatable bonds is 3. The second-order valence-electron chi connectivity index (χ2n) is 6.21. The maximum Gasteiger partial charge on any atom is 0.241 e. The molecule has 0 aromatic heterocycles. The number of benzene rings is 1. The Morgan fingerprint density at radius 3 is 2.65 bits per heavy atom. The average molecular weight is 320 g/mol. The highest BCUT2D eigenvalue weighted by Crippen LogP contribution is 2.25. The summed E-state index contributed by atoms with van der Waals surface area (Å²) >= 11 is 0. The Labute approximate surface area is 134 Å². The largest absolute Gasteiger partial charge is 0.369 e. The van der Waals surface area contributed by atoms with E-state index in [9.17, 15) is 14.0 Å². The van der Waals surface area contributed by atoms with E-state index < -0.39 is 0 Å². The lowest BCUT2D eigenvalue weighted by molar-refractivity contribution is -0.136. The molecule has 4 N–H and O–H groups in total. The standard InChI is InChI=1S/C16H21FN4O2/c17-12-5-3-10(4-6-12)13-8-14(20-19-13)16(23)21-7-1-2-11(9-21)15(18)22/h3-6,11,13-14,19-20H,1-2,7-9H2,(H2,18,22). The minimum Gasteiger partial charge on any atom is -0.369 e. The van der Waals surface area contributed by atoms with Crippen molar-refractivity contribution in [2.24, 2.45) is 11.7 Å². The van der Waals surface area contributed by atoms with Crippen molar-refractivity contribution in [1.82, 2.24) is 15.8 Å². The van der Waals surface area contributed by atoms with Gasteiger partial charge in [-0.2, -0.15) is 0 Å². The average Bonchev–Trinajstić information content (AvgIpc) is 3.05. The van der Waals surface area contributed by atoms with E-state index in [0.717, 1.165) is 18.4 Å². The number of hydrogen-bond donors (Lipinski definition) is 3. The fourth-order valence-electron chi connectivity index (χ4n) is 3.26. The van der Waals surface area contributed by atoms with Crippen molar-refractivity contribution in [3.05, 3.63) is 35.6 Å². The Hall–Kier alpha value is -1.99. The van der Waals surface area contributed by atoms with E-state index in [1.807, 2.05) is 0 Å². The van der Waals surface area contributed by atoms with Gasteiger partial charge < -0.3 is 10.6 Å². The van der Waals surface area contributed by atoms with Crippen molar-refractivity contribution in [1.29, 1.82) is 0 Å². The van der Waals surface area contributed by atoms with Gasteiger partial charge in [-0.1, -0.05) is 12.1 Å². The van der Waals surface area contributed by atoms with Gasteiger partial charge in [0.05, 0.1) is 5.92 Å².